The van der Waals surface area contributed by atoms with Gasteiger partial charge in [0.2, 0.25) is 0 Å². The Morgan fingerprint density at radius 2 is 1.60 bits per heavy atom. The fourth-order valence-corrected chi connectivity index (χ4v) is 1.89. The molecule has 116 valence electrons. The van der Waals surface area contributed by atoms with Crippen LogP contribution in [0.15, 0.2) is 12.1 Å². The molecule has 1 N–H and O–H groups in total. The number of methoxy groups -OCH3 is 3. The number of hydrogen-bond donors (Lipinski definition) is 1. The average Bonchev–Trinajstić information content (AvgIpc) is 2.44. The molecule has 0 fully saturated rings. The lowest BCUT2D eigenvalue weighted by Gasteiger charge is -2.20. The highest BCUT2D eigenvalue weighted by atomic mass is 35.5. The van der Waals surface area contributed by atoms with Gasteiger partial charge < -0.3 is 24.4 Å². The number of benzene rings is 1. The van der Waals surface area contributed by atoms with Crippen LogP contribution in [0.5, 0.6) is 17.2 Å². The topological polar surface area (TPSA) is 43.0 Å². The van der Waals surface area contributed by atoms with Crippen molar-refractivity contribution in [2.45, 2.75) is 6.54 Å². The molecule has 0 aliphatic carbocycles. The van der Waals surface area contributed by atoms with Gasteiger partial charge >= 0.3 is 0 Å². The minimum Gasteiger partial charge on any atom is -0.496 e. The number of halogens is 1. The van der Waals surface area contributed by atoms with Gasteiger partial charge in [0.1, 0.15) is 17.2 Å². The zero-order valence-electron chi connectivity index (χ0n) is 12.9. The van der Waals surface area contributed by atoms with Gasteiger partial charge in [-0.15, -0.1) is 12.4 Å². The predicted molar refractivity (Wildman–Crippen MR) is 83.6 cm³/mol. The Labute approximate surface area is 127 Å². The molecule has 5 nitrogen and oxygen atoms in total. The first kappa shape index (κ1) is 18.8. The van der Waals surface area contributed by atoms with E-state index >= 15 is 0 Å². The van der Waals surface area contributed by atoms with Gasteiger partial charge in [0.05, 0.1) is 26.9 Å². The van der Waals surface area contributed by atoms with Gasteiger partial charge in [0.15, 0.2) is 0 Å². The number of rotatable bonds is 8. The summed E-state index contributed by atoms with van der Waals surface area (Å²) in [5.41, 5.74) is 1.03. The first-order valence-electron chi connectivity index (χ1n) is 6.28. The zero-order valence-corrected chi connectivity index (χ0v) is 13.7. The number of nitrogens with zero attached hydrogens (tertiary/aromatic N) is 1. The highest BCUT2D eigenvalue weighted by molar-refractivity contribution is 5.85. The standard InChI is InChI=1S/C14H24N2O3.ClH/c1-15-6-7-16(2)10-12-13(18-4)8-11(17-3)9-14(12)19-5;/h8-9,15H,6-7,10H2,1-5H3;1H. The summed E-state index contributed by atoms with van der Waals surface area (Å²) >= 11 is 0. The van der Waals surface area contributed by atoms with E-state index in [2.05, 4.69) is 17.3 Å². The van der Waals surface area contributed by atoms with Crippen LogP contribution in [-0.4, -0.2) is 53.4 Å². The first-order valence-corrected chi connectivity index (χ1v) is 6.28. The normalized spacial score (nSPS) is 10.1. The van der Waals surface area contributed by atoms with Crippen molar-refractivity contribution in [2.75, 3.05) is 48.5 Å². The van der Waals surface area contributed by atoms with Crippen LogP contribution in [0, 0.1) is 0 Å². The lowest BCUT2D eigenvalue weighted by Crippen LogP contribution is -2.27. The second-order valence-corrected chi connectivity index (χ2v) is 4.35. The molecule has 0 aliphatic rings. The van der Waals surface area contributed by atoms with Crippen molar-refractivity contribution >= 4 is 12.4 Å². The largest absolute Gasteiger partial charge is 0.496 e. The summed E-state index contributed by atoms with van der Waals surface area (Å²) in [7, 11) is 8.96. The number of nitrogens with one attached hydrogen (secondary N) is 1. The molecular weight excluding hydrogens is 280 g/mol. The molecule has 0 aliphatic heterocycles. The Morgan fingerprint density at radius 1 is 1.05 bits per heavy atom. The number of hydrogen-bond acceptors (Lipinski definition) is 5. The van der Waals surface area contributed by atoms with E-state index in [4.69, 9.17) is 14.2 Å². The van der Waals surface area contributed by atoms with Crippen LogP contribution in [-0.2, 0) is 6.54 Å². The Balaban J connectivity index is 0.00000361. The Hall–Kier alpha value is -1.17. The highest BCUT2D eigenvalue weighted by Crippen LogP contribution is 2.34. The van der Waals surface area contributed by atoms with Crippen molar-refractivity contribution in [1.82, 2.24) is 10.2 Å². The summed E-state index contributed by atoms with van der Waals surface area (Å²) in [6.45, 7) is 2.66. The SMILES string of the molecule is CNCCN(C)Cc1c(OC)cc(OC)cc1OC.Cl. The van der Waals surface area contributed by atoms with Crippen LogP contribution in [0.4, 0.5) is 0 Å². The van der Waals surface area contributed by atoms with Gasteiger partial charge in [0.25, 0.3) is 0 Å². The summed E-state index contributed by atoms with van der Waals surface area (Å²) in [6.07, 6.45) is 0. The lowest BCUT2D eigenvalue weighted by atomic mass is 10.1. The number of likely N-dealkylation sites (N-methyl/N-ethyl adjacent to an activating group) is 2. The Bertz CT molecular complexity index is 377. The van der Waals surface area contributed by atoms with Crippen LogP contribution >= 0.6 is 12.4 Å². The molecule has 0 aromatic heterocycles. The fourth-order valence-electron chi connectivity index (χ4n) is 1.89. The molecule has 0 unspecified atom stereocenters. The van der Waals surface area contributed by atoms with Gasteiger partial charge in [-0.2, -0.15) is 0 Å². The van der Waals surface area contributed by atoms with Gasteiger partial charge in [-0.1, -0.05) is 0 Å². The minimum absolute atomic E-state index is 0. The Morgan fingerprint density at radius 3 is 2.00 bits per heavy atom. The van der Waals surface area contributed by atoms with E-state index in [9.17, 15) is 0 Å². The summed E-state index contributed by atoms with van der Waals surface area (Å²) in [5, 5.41) is 3.14. The predicted octanol–water partition coefficient (Wildman–Crippen LogP) is 1.79. The van der Waals surface area contributed by atoms with Gasteiger partial charge in [-0.25, -0.2) is 0 Å². The summed E-state index contributed by atoms with van der Waals surface area (Å²) in [5.74, 6) is 2.30. The van der Waals surface area contributed by atoms with E-state index in [0.717, 1.165) is 42.4 Å². The summed E-state index contributed by atoms with van der Waals surface area (Å²) in [4.78, 5) is 2.21. The third-order valence-electron chi connectivity index (χ3n) is 2.99. The van der Waals surface area contributed by atoms with Crippen molar-refractivity contribution < 1.29 is 14.2 Å². The van der Waals surface area contributed by atoms with Crippen LogP contribution in [0.25, 0.3) is 0 Å². The van der Waals surface area contributed by atoms with E-state index in [0.29, 0.717) is 0 Å². The monoisotopic (exact) mass is 304 g/mol. The maximum absolute atomic E-state index is 5.43. The quantitative estimate of drug-likeness (QED) is 0.793. The van der Waals surface area contributed by atoms with Gasteiger partial charge in [0, 0.05) is 31.8 Å². The van der Waals surface area contributed by atoms with Crippen molar-refractivity contribution in [2.24, 2.45) is 0 Å². The summed E-state index contributed by atoms with van der Waals surface area (Å²) < 4.78 is 16.1. The third kappa shape index (κ3) is 5.07. The highest BCUT2D eigenvalue weighted by Gasteiger charge is 2.14. The van der Waals surface area contributed by atoms with Crippen molar-refractivity contribution in [3.8, 4) is 17.2 Å². The second kappa shape index (κ2) is 9.69. The third-order valence-corrected chi connectivity index (χ3v) is 2.99. The lowest BCUT2D eigenvalue weighted by molar-refractivity contribution is 0.305. The van der Waals surface area contributed by atoms with Crippen LogP contribution in [0.2, 0.25) is 0 Å². The van der Waals surface area contributed by atoms with E-state index in [-0.39, 0.29) is 12.4 Å². The van der Waals surface area contributed by atoms with Crippen LogP contribution in [0.1, 0.15) is 5.56 Å². The molecule has 0 amide bonds. The molecule has 1 aromatic rings. The molecule has 0 saturated carbocycles. The molecule has 20 heavy (non-hydrogen) atoms. The van der Waals surface area contributed by atoms with Gasteiger partial charge in [-0.05, 0) is 14.1 Å². The van der Waals surface area contributed by atoms with E-state index < -0.39 is 0 Å². The van der Waals surface area contributed by atoms with Crippen LogP contribution < -0.4 is 19.5 Å². The summed E-state index contributed by atoms with van der Waals surface area (Å²) in [6, 6.07) is 3.76. The van der Waals surface area contributed by atoms with E-state index in [1.807, 2.05) is 19.2 Å². The smallest absolute Gasteiger partial charge is 0.130 e. The minimum atomic E-state index is 0. The molecule has 6 heteroatoms. The van der Waals surface area contributed by atoms with Crippen LogP contribution in [0.3, 0.4) is 0 Å². The molecule has 0 heterocycles. The van der Waals surface area contributed by atoms with E-state index in [1.165, 1.54) is 0 Å². The van der Waals surface area contributed by atoms with Crippen molar-refractivity contribution in [3.05, 3.63) is 17.7 Å². The second-order valence-electron chi connectivity index (χ2n) is 4.35. The fraction of sp³-hybridized carbons (Fsp3) is 0.571. The van der Waals surface area contributed by atoms with Crippen molar-refractivity contribution in [1.29, 1.82) is 0 Å². The maximum atomic E-state index is 5.43. The van der Waals surface area contributed by atoms with Gasteiger partial charge in [-0.3, -0.25) is 0 Å². The molecule has 0 radical (unpaired) electrons. The first-order chi connectivity index (χ1) is 9.15. The molecule has 1 rings (SSSR count). The molecule has 0 saturated heterocycles. The average molecular weight is 305 g/mol. The van der Waals surface area contributed by atoms with E-state index in [1.54, 1.807) is 21.3 Å². The molecule has 0 bridgehead atoms. The molecular formula is C14H25ClN2O3. The molecule has 1 aromatic carbocycles. The Kier molecular flexibility index (Phi) is 9.12. The maximum Gasteiger partial charge on any atom is 0.130 e. The zero-order chi connectivity index (χ0) is 14.3. The number of ether oxygens (including phenoxy) is 3. The molecule has 0 atom stereocenters. The molecule has 0 spiro atoms. The van der Waals surface area contributed by atoms with Crippen molar-refractivity contribution in [3.63, 3.8) is 0 Å².